The Labute approximate surface area is 126 Å². The molecule has 2 rings (SSSR count). The minimum Gasteiger partial charge on any atom is -0.389 e. The van der Waals surface area contributed by atoms with Crippen molar-refractivity contribution in [1.82, 2.24) is 9.78 Å². The molecule has 4 nitrogen and oxygen atoms in total. The van der Waals surface area contributed by atoms with Crippen molar-refractivity contribution in [2.45, 2.75) is 64.1 Å². The molecule has 1 fully saturated rings. The minimum atomic E-state index is -0.722. The molecule has 0 aromatic carbocycles. The molecule has 5 heteroatoms. The Morgan fingerprint density at radius 1 is 1.50 bits per heavy atom. The van der Waals surface area contributed by atoms with Gasteiger partial charge >= 0.3 is 0 Å². The Balaban J connectivity index is 2.13. The normalized spacial score (nSPS) is 26.9. The largest absolute Gasteiger partial charge is 0.389 e. The van der Waals surface area contributed by atoms with Crippen LogP contribution in [0.5, 0.6) is 0 Å². The van der Waals surface area contributed by atoms with Crippen molar-refractivity contribution in [2.24, 2.45) is 7.05 Å². The quantitative estimate of drug-likeness (QED) is 0.909. The van der Waals surface area contributed by atoms with Crippen LogP contribution < -0.4 is 0 Å². The summed E-state index contributed by atoms with van der Waals surface area (Å²) in [6.45, 7) is 4.80. The fourth-order valence-corrected chi connectivity index (χ4v) is 3.35. The summed E-state index contributed by atoms with van der Waals surface area (Å²) in [5.74, 6) is 0. The Kier molecular flexibility index (Phi) is 5.10. The lowest BCUT2D eigenvalue weighted by atomic mass is 9.85. The number of halogens is 1. The third-order valence-electron chi connectivity index (χ3n) is 4.14. The lowest BCUT2D eigenvalue weighted by Crippen LogP contribution is -2.43. The average molecular weight is 301 g/mol. The second-order valence-corrected chi connectivity index (χ2v) is 6.20. The highest BCUT2D eigenvalue weighted by Crippen LogP contribution is 2.33. The van der Waals surface area contributed by atoms with Gasteiger partial charge in [-0.3, -0.25) is 4.68 Å². The first-order valence-corrected chi connectivity index (χ1v) is 7.91. The van der Waals surface area contributed by atoms with Gasteiger partial charge in [0.2, 0.25) is 0 Å². The zero-order valence-electron chi connectivity index (χ0n) is 12.7. The van der Waals surface area contributed by atoms with Crippen LogP contribution in [0, 0.1) is 0 Å². The highest BCUT2D eigenvalue weighted by molar-refractivity contribution is 6.31. The van der Waals surface area contributed by atoms with Crippen molar-refractivity contribution in [3.63, 3.8) is 0 Å². The van der Waals surface area contributed by atoms with Crippen LogP contribution in [-0.2, 0) is 24.6 Å². The van der Waals surface area contributed by atoms with Gasteiger partial charge in [-0.25, -0.2) is 0 Å². The predicted molar refractivity (Wildman–Crippen MR) is 80.1 cm³/mol. The van der Waals surface area contributed by atoms with E-state index in [0.29, 0.717) is 30.9 Å². The van der Waals surface area contributed by atoms with E-state index in [1.165, 1.54) is 0 Å². The van der Waals surface area contributed by atoms with Crippen LogP contribution in [0.15, 0.2) is 0 Å². The molecule has 1 saturated heterocycles. The van der Waals surface area contributed by atoms with Crippen LogP contribution in [0.3, 0.4) is 0 Å². The maximum absolute atomic E-state index is 10.9. The van der Waals surface area contributed by atoms with E-state index in [0.717, 1.165) is 30.7 Å². The van der Waals surface area contributed by atoms with Crippen LogP contribution in [0.25, 0.3) is 0 Å². The van der Waals surface area contributed by atoms with Gasteiger partial charge in [-0.2, -0.15) is 5.10 Å². The van der Waals surface area contributed by atoms with Crippen molar-refractivity contribution in [3.8, 4) is 0 Å². The summed E-state index contributed by atoms with van der Waals surface area (Å²) in [6, 6.07) is 0. The maximum atomic E-state index is 10.9. The lowest BCUT2D eigenvalue weighted by molar-refractivity contribution is -0.105. The standard InChI is InChI=1S/C15H25ClN2O2/c1-4-6-11-9-15(19,7-8-20-11)10-13-14(16)12(5-2)17-18(13)3/h11,19H,4-10H2,1-3H3. The van der Waals surface area contributed by atoms with Crippen LogP contribution in [0.4, 0.5) is 0 Å². The van der Waals surface area contributed by atoms with E-state index in [1.807, 2.05) is 18.7 Å². The molecule has 1 aromatic heterocycles. The smallest absolute Gasteiger partial charge is 0.0850 e. The lowest BCUT2D eigenvalue weighted by Gasteiger charge is -2.37. The summed E-state index contributed by atoms with van der Waals surface area (Å²) in [7, 11) is 1.90. The molecular weight excluding hydrogens is 276 g/mol. The van der Waals surface area contributed by atoms with Crippen molar-refractivity contribution in [3.05, 3.63) is 16.4 Å². The SMILES string of the molecule is CCCC1CC(O)(Cc2c(Cl)c(CC)nn2C)CCO1. The molecule has 0 spiro atoms. The molecule has 0 amide bonds. The molecule has 1 aliphatic heterocycles. The zero-order valence-corrected chi connectivity index (χ0v) is 13.4. The van der Waals surface area contributed by atoms with Gasteiger partial charge in [0.15, 0.2) is 0 Å². The predicted octanol–water partition coefficient (Wildman–Crippen LogP) is 2.89. The van der Waals surface area contributed by atoms with E-state index >= 15 is 0 Å². The third-order valence-corrected chi connectivity index (χ3v) is 4.58. The van der Waals surface area contributed by atoms with Gasteiger partial charge in [0.05, 0.1) is 28.1 Å². The number of ether oxygens (including phenoxy) is 1. The number of aryl methyl sites for hydroxylation is 2. The Hall–Kier alpha value is -0.580. The molecule has 0 bridgehead atoms. The molecule has 1 aliphatic rings. The van der Waals surface area contributed by atoms with Crippen molar-refractivity contribution < 1.29 is 9.84 Å². The Morgan fingerprint density at radius 2 is 2.25 bits per heavy atom. The second-order valence-electron chi connectivity index (χ2n) is 5.82. The van der Waals surface area contributed by atoms with E-state index in [1.54, 1.807) is 0 Å². The molecular formula is C15H25ClN2O2. The Morgan fingerprint density at radius 3 is 2.85 bits per heavy atom. The van der Waals surface area contributed by atoms with E-state index in [9.17, 15) is 5.11 Å². The summed E-state index contributed by atoms with van der Waals surface area (Å²) < 4.78 is 7.53. The number of nitrogens with zero attached hydrogens (tertiary/aromatic N) is 2. The van der Waals surface area contributed by atoms with Crippen LogP contribution in [0.2, 0.25) is 5.02 Å². The van der Waals surface area contributed by atoms with Gasteiger partial charge in [0, 0.05) is 26.5 Å². The minimum absolute atomic E-state index is 0.163. The Bertz CT molecular complexity index is 459. The number of aliphatic hydroxyl groups is 1. The first kappa shape index (κ1) is 15.8. The van der Waals surface area contributed by atoms with Crippen molar-refractivity contribution in [1.29, 1.82) is 0 Å². The average Bonchev–Trinajstić information content (AvgIpc) is 2.66. The van der Waals surface area contributed by atoms with Gasteiger partial charge in [0.25, 0.3) is 0 Å². The molecule has 1 N–H and O–H groups in total. The van der Waals surface area contributed by atoms with Crippen molar-refractivity contribution >= 4 is 11.6 Å². The van der Waals surface area contributed by atoms with Gasteiger partial charge < -0.3 is 9.84 Å². The maximum Gasteiger partial charge on any atom is 0.0850 e. The molecule has 0 saturated carbocycles. The molecule has 114 valence electrons. The highest BCUT2D eigenvalue weighted by Gasteiger charge is 2.36. The van der Waals surface area contributed by atoms with Gasteiger partial charge in [0.1, 0.15) is 0 Å². The topological polar surface area (TPSA) is 47.3 Å². The van der Waals surface area contributed by atoms with E-state index in [2.05, 4.69) is 12.0 Å². The summed E-state index contributed by atoms with van der Waals surface area (Å²) in [5, 5.41) is 16.0. The molecule has 0 radical (unpaired) electrons. The fraction of sp³-hybridized carbons (Fsp3) is 0.800. The van der Waals surface area contributed by atoms with E-state index < -0.39 is 5.60 Å². The fourth-order valence-electron chi connectivity index (χ4n) is 2.99. The van der Waals surface area contributed by atoms with Crippen LogP contribution in [-0.4, -0.2) is 33.2 Å². The number of rotatable bonds is 5. The summed E-state index contributed by atoms with van der Waals surface area (Å²) in [6.07, 6.45) is 4.96. The summed E-state index contributed by atoms with van der Waals surface area (Å²) in [5.41, 5.74) is 1.12. The number of aromatic nitrogens is 2. The zero-order chi connectivity index (χ0) is 14.8. The van der Waals surface area contributed by atoms with E-state index in [-0.39, 0.29) is 6.10 Å². The third kappa shape index (κ3) is 3.35. The molecule has 1 aromatic rings. The molecule has 0 aliphatic carbocycles. The first-order valence-electron chi connectivity index (χ1n) is 7.53. The first-order chi connectivity index (χ1) is 9.49. The second kappa shape index (κ2) is 6.46. The molecule has 20 heavy (non-hydrogen) atoms. The van der Waals surface area contributed by atoms with Gasteiger partial charge in [-0.05, 0) is 19.3 Å². The van der Waals surface area contributed by atoms with E-state index in [4.69, 9.17) is 16.3 Å². The molecule has 2 atom stereocenters. The van der Waals surface area contributed by atoms with Gasteiger partial charge in [-0.15, -0.1) is 0 Å². The van der Waals surface area contributed by atoms with Crippen molar-refractivity contribution in [2.75, 3.05) is 6.61 Å². The monoisotopic (exact) mass is 300 g/mol. The van der Waals surface area contributed by atoms with Crippen LogP contribution >= 0.6 is 11.6 Å². The summed E-state index contributed by atoms with van der Waals surface area (Å²) >= 11 is 6.38. The summed E-state index contributed by atoms with van der Waals surface area (Å²) in [4.78, 5) is 0. The number of hydrogen-bond donors (Lipinski definition) is 1. The molecule has 2 unspecified atom stereocenters. The van der Waals surface area contributed by atoms with Gasteiger partial charge in [-0.1, -0.05) is 31.9 Å². The molecule has 2 heterocycles. The van der Waals surface area contributed by atoms with Crippen LogP contribution in [0.1, 0.15) is 50.9 Å². The number of hydrogen-bond acceptors (Lipinski definition) is 3. The highest BCUT2D eigenvalue weighted by atomic mass is 35.5.